The van der Waals surface area contributed by atoms with Crippen LogP contribution in [0.3, 0.4) is 0 Å². The van der Waals surface area contributed by atoms with E-state index in [1.54, 1.807) is 24.3 Å². The fraction of sp³-hybridized carbons (Fsp3) is 0.429. The summed E-state index contributed by atoms with van der Waals surface area (Å²) >= 11 is 0. The van der Waals surface area contributed by atoms with Crippen molar-refractivity contribution in [3.63, 3.8) is 0 Å². The zero-order chi connectivity index (χ0) is 21.0. The third-order valence-corrected chi connectivity index (χ3v) is 6.97. The minimum atomic E-state index is -3.90. The highest BCUT2D eigenvalue weighted by atomic mass is 32.2. The molecule has 1 N–H and O–H groups in total. The first-order chi connectivity index (χ1) is 13.8. The van der Waals surface area contributed by atoms with E-state index in [-0.39, 0.29) is 11.4 Å². The number of piperazine rings is 1. The minimum Gasteiger partial charge on any atom is -0.390 e. The Labute approximate surface area is 172 Å². The van der Waals surface area contributed by atoms with Crippen LogP contribution >= 0.6 is 0 Å². The highest BCUT2D eigenvalue weighted by molar-refractivity contribution is 7.92. The summed E-state index contributed by atoms with van der Waals surface area (Å²) in [6.45, 7) is 5.65. The molecule has 1 fully saturated rings. The van der Waals surface area contributed by atoms with Gasteiger partial charge in [0.05, 0.1) is 23.2 Å². The van der Waals surface area contributed by atoms with Crippen LogP contribution in [0.4, 0.5) is 10.1 Å². The molecule has 1 aliphatic rings. The van der Waals surface area contributed by atoms with Gasteiger partial charge >= 0.3 is 0 Å². The van der Waals surface area contributed by atoms with E-state index in [1.165, 1.54) is 24.3 Å². The molecule has 29 heavy (non-hydrogen) atoms. The number of benzene rings is 2. The van der Waals surface area contributed by atoms with E-state index < -0.39 is 21.9 Å². The Balaban J connectivity index is 1.83. The second kappa shape index (κ2) is 9.21. The number of likely N-dealkylation sites (N-methyl/N-ethyl adjacent to an activating group) is 1. The van der Waals surface area contributed by atoms with Gasteiger partial charge in [-0.05, 0) is 50.4 Å². The number of hydrogen-bond acceptors (Lipinski definition) is 5. The Kier molecular flexibility index (Phi) is 6.89. The van der Waals surface area contributed by atoms with Gasteiger partial charge in [0.25, 0.3) is 10.0 Å². The van der Waals surface area contributed by atoms with Crippen LogP contribution < -0.4 is 4.31 Å². The summed E-state index contributed by atoms with van der Waals surface area (Å²) in [6, 6.07) is 11.8. The van der Waals surface area contributed by atoms with Crippen LogP contribution in [0.25, 0.3) is 0 Å². The molecular formula is C21H28FN3O3S. The second-order valence-corrected chi connectivity index (χ2v) is 9.45. The van der Waals surface area contributed by atoms with Crippen LogP contribution in [0, 0.1) is 12.7 Å². The smallest absolute Gasteiger partial charge is 0.264 e. The van der Waals surface area contributed by atoms with Crippen molar-refractivity contribution in [1.82, 2.24) is 9.80 Å². The third kappa shape index (κ3) is 5.54. The van der Waals surface area contributed by atoms with E-state index in [9.17, 15) is 17.9 Å². The number of halogens is 1. The summed E-state index contributed by atoms with van der Waals surface area (Å²) in [5.41, 5.74) is 1.27. The normalized spacial score (nSPS) is 17.2. The number of rotatable bonds is 7. The average molecular weight is 422 g/mol. The number of aliphatic hydroxyl groups excluding tert-OH is 1. The molecule has 0 amide bonds. The van der Waals surface area contributed by atoms with Crippen LogP contribution in [0.5, 0.6) is 0 Å². The lowest BCUT2D eigenvalue weighted by Crippen LogP contribution is -2.49. The van der Waals surface area contributed by atoms with Crippen molar-refractivity contribution in [2.45, 2.75) is 17.9 Å². The molecule has 0 spiro atoms. The summed E-state index contributed by atoms with van der Waals surface area (Å²) in [4.78, 5) is 4.49. The largest absolute Gasteiger partial charge is 0.390 e. The van der Waals surface area contributed by atoms with E-state index in [0.29, 0.717) is 12.2 Å². The van der Waals surface area contributed by atoms with Crippen LogP contribution in [0.15, 0.2) is 53.4 Å². The SMILES string of the molecule is Cc1ccc(S(=O)(=O)N(C[C@@H](O)CN2CCN(C)CC2)c2ccc(F)cc2)cc1. The number of aliphatic hydroxyl groups is 1. The van der Waals surface area contributed by atoms with Crippen LogP contribution in [-0.4, -0.2) is 75.7 Å². The Morgan fingerprint density at radius 3 is 2.21 bits per heavy atom. The van der Waals surface area contributed by atoms with Gasteiger partial charge in [0.2, 0.25) is 0 Å². The Morgan fingerprint density at radius 1 is 1.03 bits per heavy atom. The summed E-state index contributed by atoms with van der Waals surface area (Å²) in [5, 5.41) is 10.7. The van der Waals surface area contributed by atoms with Crippen molar-refractivity contribution in [3.8, 4) is 0 Å². The highest BCUT2D eigenvalue weighted by Gasteiger charge is 2.28. The van der Waals surface area contributed by atoms with Gasteiger partial charge < -0.3 is 10.0 Å². The fourth-order valence-corrected chi connectivity index (χ4v) is 4.87. The predicted molar refractivity (Wildman–Crippen MR) is 112 cm³/mol. The zero-order valence-corrected chi connectivity index (χ0v) is 17.6. The molecule has 158 valence electrons. The molecule has 1 aliphatic heterocycles. The summed E-state index contributed by atoms with van der Waals surface area (Å²) < 4.78 is 41.2. The molecule has 2 aromatic carbocycles. The lowest BCUT2D eigenvalue weighted by molar-refractivity contribution is 0.0853. The lowest BCUT2D eigenvalue weighted by atomic mass is 10.2. The monoisotopic (exact) mass is 421 g/mol. The van der Waals surface area contributed by atoms with Crippen LogP contribution in [0.2, 0.25) is 0 Å². The number of nitrogens with zero attached hydrogens (tertiary/aromatic N) is 3. The van der Waals surface area contributed by atoms with Crippen molar-refractivity contribution in [2.24, 2.45) is 0 Å². The minimum absolute atomic E-state index is 0.103. The van der Waals surface area contributed by atoms with Crippen molar-refractivity contribution in [3.05, 3.63) is 59.9 Å². The van der Waals surface area contributed by atoms with Crippen molar-refractivity contribution >= 4 is 15.7 Å². The Morgan fingerprint density at radius 2 is 1.62 bits per heavy atom. The van der Waals surface area contributed by atoms with E-state index >= 15 is 0 Å². The number of β-amino-alcohol motifs (C(OH)–C–C–N with tert-alkyl or cyclic N) is 1. The standard InChI is InChI=1S/C21H28FN3O3S/c1-17-3-9-21(10-4-17)29(27,28)25(19-7-5-18(22)6-8-19)16-20(26)15-24-13-11-23(2)12-14-24/h3-10,20,26H,11-16H2,1-2H3/t20-/m0/s1. The molecule has 6 nitrogen and oxygen atoms in total. The molecule has 1 heterocycles. The van der Waals surface area contributed by atoms with Crippen LogP contribution in [-0.2, 0) is 10.0 Å². The predicted octanol–water partition coefficient (Wildman–Crippen LogP) is 1.94. The molecule has 2 aromatic rings. The van der Waals surface area contributed by atoms with Gasteiger partial charge in [0.1, 0.15) is 5.82 Å². The molecule has 0 aliphatic carbocycles. The summed E-state index contributed by atoms with van der Waals surface area (Å²) in [7, 11) is -1.85. The van der Waals surface area contributed by atoms with Crippen molar-refractivity contribution in [1.29, 1.82) is 0 Å². The second-order valence-electron chi connectivity index (χ2n) is 7.58. The highest BCUT2D eigenvalue weighted by Crippen LogP contribution is 2.25. The van der Waals surface area contributed by atoms with E-state index in [0.717, 1.165) is 36.0 Å². The maximum absolute atomic E-state index is 13.4. The zero-order valence-electron chi connectivity index (χ0n) is 16.8. The van der Waals surface area contributed by atoms with E-state index in [4.69, 9.17) is 0 Å². The van der Waals surface area contributed by atoms with Gasteiger partial charge in [-0.2, -0.15) is 0 Å². The molecule has 1 saturated heterocycles. The first-order valence-electron chi connectivity index (χ1n) is 9.69. The average Bonchev–Trinajstić information content (AvgIpc) is 2.69. The number of anilines is 1. The molecule has 0 radical (unpaired) electrons. The molecule has 3 rings (SSSR count). The van der Waals surface area contributed by atoms with Gasteiger partial charge in [0, 0.05) is 32.7 Å². The Hall–Kier alpha value is -2.00. The van der Waals surface area contributed by atoms with Gasteiger partial charge in [-0.15, -0.1) is 0 Å². The summed E-state index contributed by atoms with van der Waals surface area (Å²) in [6.07, 6.45) is -0.872. The molecule has 0 bridgehead atoms. The van der Waals surface area contributed by atoms with Crippen molar-refractivity contribution < 1.29 is 17.9 Å². The maximum atomic E-state index is 13.4. The maximum Gasteiger partial charge on any atom is 0.264 e. The van der Waals surface area contributed by atoms with E-state index in [2.05, 4.69) is 16.8 Å². The summed E-state index contributed by atoms with van der Waals surface area (Å²) in [5.74, 6) is -0.445. The first kappa shape index (κ1) is 21.7. The quantitative estimate of drug-likeness (QED) is 0.740. The van der Waals surface area contributed by atoms with Gasteiger partial charge in [0.15, 0.2) is 0 Å². The van der Waals surface area contributed by atoms with Gasteiger partial charge in [-0.1, -0.05) is 17.7 Å². The lowest BCUT2D eigenvalue weighted by Gasteiger charge is -2.34. The van der Waals surface area contributed by atoms with E-state index in [1.807, 2.05) is 6.92 Å². The number of sulfonamides is 1. The first-order valence-corrected chi connectivity index (χ1v) is 11.1. The Bertz CT molecular complexity index is 896. The molecule has 0 aromatic heterocycles. The number of hydrogen-bond donors (Lipinski definition) is 1. The molecule has 8 heteroatoms. The van der Waals surface area contributed by atoms with Crippen LogP contribution in [0.1, 0.15) is 5.56 Å². The number of aryl methyl sites for hydroxylation is 1. The van der Waals surface area contributed by atoms with Crippen molar-refractivity contribution in [2.75, 3.05) is 50.6 Å². The third-order valence-electron chi connectivity index (χ3n) is 5.17. The molecule has 1 atom stereocenters. The van der Waals surface area contributed by atoms with Gasteiger partial charge in [-0.3, -0.25) is 9.21 Å². The molecule has 0 unspecified atom stereocenters. The molecule has 0 saturated carbocycles. The topological polar surface area (TPSA) is 64.1 Å². The van der Waals surface area contributed by atoms with Gasteiger partial charge in [-0.25, -0.2) is 12.8 Å². The fourth-order valence-electron chi connectivity index (χ4n) is 3.36. The molecular weight excluding hydrogens is 393 g/mol.